The third-order valence-corrected chi connectivity index (χ3v) is 12.6. The molecular weight excluding hydrogens is 932 g/mol. The first kappa shape index (κ1) is 57.3. The molecule has 21 heteroatoms. The van der Waals surface area contributed by atoms with Crippen molar-refractivity contribution in [2.75, 3.05) is 52.8 Å². The number of carboxylic acid groups (broad SMARTS) is 1. The van der Waals surface area contributed by atoms with Crippen molar-refractivity contribution in [2.24, 2.45) is 5.92 Å². The van der Waals surface area contributed by atoms with Gasteiger partial charge < -0.3 is 50.8 Å². The van der Waals surface area contributed by atoms with Gasteiger partial charge in [0.1, 0.15) is 42.5 Å². The number of nitrogens with zero attached hydrogens (tertiary/aromatic N) is 4. The highest BCUT2D eigenvalue weighted by atomic mass is 35.5. The summed E-state index contributed by atoms with van der Waals surface area (Å²) in [6, 6.07) is 8.40. The number of rotatable bonds is 27. The predicted molar refractivity (Wildman–Crippen MR) is 261 cm³/mol. The van der Waals surface area contributed by atoms with Crippen molar-refractivity contribution in [3.8, 4) is 0 Å². The lowest BCUT2D eigenvalue weighted by molar-refractivity contribution is -0.149. The van der Waals surface area contributed by atoms with Crippen LogP contribution in [0.25, 0.3) is 0 Å². The zero-order chi connectivity index (χ0) is 51.4. The summed E-state index contributed by atoms with van der Waals surface area (Å²) in [4.78, 5) is 138. The first-order valence-corrected chi connectivity index (χ1v) is 24.7. The van der Waals surface area contributed by atoms with Crippen molar-refractivity contribution >= 4 is 82.9 Å². The molecule has 0 spiro atoms. The maximum atomic E-state index is 14.4. The molecule has 0 aromatic heterocycles. The molecule has 0 bridgehead atoms. The van der Waals surface area contributed by atoms with E-state index in [1.54, 1.807) is 74.7 Å². The van der Waals surface area contributed by atoms with Crippen molar-refractivity contribution in [1.82, 2.24) is 40.9 Å². The summed E-state index contributed by atoms with van der Waals surface area (Å²) in [7, 11) is 4.24. The number of benzene rings is 2. The van der Waals surface area contributed by atoms with E-state index in [9.17, 15) is 53.1 Å². The average Bonchev–Trinajstić information content (AvgIpc) is 3.81. The molecule has 8 amide bonds. The SMILES string of the molecule is CCCC[C@@H](C(=O)N1CCC[C@@H]1C(=O)N[C@@H](CC(=O)O)C(=O)NC(C(=O)N(C)[C@@H](Cc1ccccc1)C(=O)NCC=O)C(C)C)N(C)C(=O)CN(C)C(=O)[C@H](Cc1cccc(Cl)c1)NC(=O)CSC. The fourth-order valence-corrected chi connectivity index (χ4v) is 8.53. The Balaban J connectivity index is 1.80. The lowest BCUT2D eigenvalue weighted by Crippen LogP contribution is -2.60. The van der Waals surface area contributed by atoms with Gasteiger partial charge in [-0.15, -0.1) is 0 Å². The molecule has 0 aliphatic carbocycles. The molecule has 3 rings (SSSR count). The molecule has 378 valence electrons. The van der Waals surface area contributed by atoms with Crippen molar-refractivity contribution in [3.05, 3.63) is 70.7 Å². The standard InChI is InChI=1S/C48H67ClN8O11S/c1-8-9-19-37(55(5)40(60)28-54(4)46(66)35(51-39(59)29-69-7)25-32-17-13-18-33(49)24-32)47(67)57-22-14-20-36(57)45(65)52-34(27-41(61)62)43(63)53-42(30(2)3)48(68)56(6)38(44(64)50-21-23-58)26-31-15-11-10-12-16-31/h10-13,15-18,23-24,30,34-38,42H,8-9,14,19-22,25-29H2,1-7H3,(H,50,64)(H,51,59)(H,52,65)(H,53,63)(H,61,62)/t34-,35-,36+,37-,38-,42?/m0/s1. The summed E-state index contributed by atoms with van der Waals surface area (Å²) in [6.45, 7) is 4.58. The summed E-state index contributed by atoms with van der Waals surface area (Å²) >= 11 is 7.46. The third-order valence-electron chi connectivity index (χ3n) is 11.8. The summed E-state index contributed by atoms with van der Waals surface area (Å²) in [5.41, 5.74) is 1.41. The van der Waals surface area contributed by atoms with Crippen LogP contribution in [0.4, 0.5) is 0 Å². The smallest absolute Gasteiger partial charge is 0.305 e. The van der Waals surface area contributed by atoms with Gasteiger partial charge in [0, 0.05) is 45.6 Å². The summed E-state index contributed by atoms with van der Waals surface area (Å²) in [5, 5.41) is 20.6. The Labute approximate surface area is 413 Å². The number of carbonyl (C=O) groups is 10. The maximum absolute atomic E-state index is 14.4. The Kier molecular flexibility index (Phi) is 23.6. The number of nitrogens with one attached hydrogen (secondary N) is 4. The number of unbranched alkanes of at least 4 members (excludes halogenated alkanes) is 1. The normalized spacial score (nSPS) is 15.4. The van der Waals surface area contributed by atoms with Crippen LogP contribution >= 0.6 is 23.4 Å². The second-order valence-corrected chi connectivity index (χ2v) is 18.7. The van der Waals surface area contributed by atoms with Crippen LogP contribution < -0.4 is 21.3 Å². The van der Waals surface area contributed by atoms with Gasteiger partial charge in [0.15, 0.2) is 0 Å². The molecule has 0 radical (unpaired) electrons. The highest BCUT2D eigenvalue weighted by Crippen LogP contribution is 2.23. The molecule has 0 saturated carbocycles. The number of likely N-dealkylation sites (tertiary alicyclic amines) is 1. The monoisotopic (exact) mass is 998 g/mol. The number of amides is 8. The Bertz CT molecular complexity index is 2130. The quantitative estimate of drug-likeness (QED) is 0.0803. The van der Waals surface area contributed by atoms with Gasteiger partial charge in [0.25, 0.3) is 0 Å². The topological polar surface area (TPSA) is 252 Å². The average molecular weight is 1000 g/mol. The van der Waals surface area contributed by atoms with E-state index in [1.807, 2.05) is 6.92 Å². The first-order valence-electron chi connectivity index (χ1n) is 22.9. The van der Waals surface area contributed by atoms with Crippen LogP contribution in [-0.4, -0.2) is 173 Å². The zero-order valence-electron chi connectivity index (χ0n) is 40.4. The van der Waals surface area contributed by atoms with Crippen LogP contribution in [0.15, 0.2) is 54.6 Å². The number of halogens is 1. The van der Waals surface area contributed by atoms with E-state index in [4.69, 9.17) is 11.6 Å². The largest absolute Gasteiger partial charge is 0.481 e. The molecule has 69 heavy (non-hydrogen) atoms. The van der Waals surface area contributed by atoms with Crippen molar-refractivity contribution in [1.29, 1.82) is 0 Å². The minimum atomic E-state index is -1.69. The van der Waals surface area contributed by atoms with Gasteiger partial charge in [-0.25, -0.2) is 0 Å². The lowest BCUT2D eigenvalue weighted by Gasteiger charge is -2.35. The number of carbonyl (C=O) groups excluding carboxylic acids is 9. The van der Waals surface area contributed by atoms with Gasteiger partial charge >= 0.3 is 5.97 Å². The van der Waals surface area contributed by atoms with E-state index < -0.39 is 102 Å². The Morgan fingerprint density at radius 2 is 1.54 bits per heavy atom. The summed E-state index contributed by atoms with van der Waals surface area (Å²) in [6.07, 6.45) is 3.51. The second-order valence-electron chi connectivity index (χ2n) is 17.4. The van der Waals surface area contributed by atoms with Crippen LogP contribution in [0, 0.1) is 5.92 Å². The molecule has 1 aliphatic rings. The van der Waals surface area contributed by atoms with E-state index in [2.05, 4.69) is 21.3 Å². The van der Waals surface area contributed by atoms with Crippen LogP contribution in [0.2, 0.25) is 5.02 Å². The van der Waals surface area contributed by atoms with E-state index in [-0.39, 0.29) is 50.4 Å². The van der Waals surface area contributed by atoms with Crippen molar-refractivity contribution in [3.63, 3.8) is 0 Å². The third kappa shape index (κ3) is 17.5. The van der Waals surface area contributed by atoms with E-state index in [1.165, 1.54) is 47.6 Å². The Hall–Kier alpha value is -6.02. The molecule has 19 nitrogen and oxygen atoms in total. The number of hydrogen-bond donors (Lipinski definition) is 5. The minimum Gasteiger partial charge on any atom is -0.481 e. The van der Waals surface area contributed by atoms with E-state index in [0.29, 0.717) is 36.1 Å². The van der Waals surface area contributed by atoms with Crippen LogP contribution in [0.3, 0.4) is 0 Å². The highest BCUT2D eigenvalue weighted by molar-refractivity contribution is 7.99. The number of likely N-dealkylation sites (N-methyl/N-ethyl adjacent to an activating group) is 3. The van der Waals surface area contributed by atoms with Crippen LogP contribution in [-0.2, 0) is 60.8 Å². The molecular formula is C48H67ClN8O11S. The van der Waals surface area contributed by atoms with E-state index >= 15 is 0 Å². The molecule has 1 unspecified atom stereocenters. The number of carboxylic acids is 1. The Morgan fingerprint density at radius 1 is 0.855 bits per heavy atom. The highest BCUT2D eigenvalue weighted by Gasteiger charge is 2.42. The Morgan fingerprint density at radius 3 is 2.14 bits per heavy atom. The van der Waals surface area contributed by atoms with Gasteiger partial charge in [-0.05, 0) is 54.7 Å². The predicted octanol–water partition coefficient (Wildman–Crippen LogP) is 1.68. The minimum absolute atomic E-state index is 0.0757. The zero-order valence-corrected chi connectivity index (χ0v) is 42.0. The fraction of sp³-hybridized carbons (Fsp3) is 0.542. The molecule has 2 aromatic carbocycles. The fourth-order valence-electron chi connectivity index (χ4n) is 7.97. The summed E-state index contributed by atoms with van der Waals surface area (Å²) < 4.78 is 0. The van der Waals surface area contributed by atoms with E-state index in [0.717, 1.165) is 10.5 Å². The van der Waals surface area contributed by atoms with Crippen molar-refractivity contribution < 1.29 is 53.1 Å². The molecule has 1 heterocycles. The summed E-state index contributed by atoms with van der Waals surface area (Å²) in [5.74, 6) is -7.05. The van der Waals surface area contributed by atoms with Gasteiger partial charge in [0.05, 0.1) is 25.3 Å². The van der Waals surface area contributed by atoms with Crippen LogP contribution in [0.5, 0.6) is 0 Å². The number of hydrogen-bond acceptors (Lipinski definition) is 11. The van der Waals surface area contributed by atoms with Crippen LogP contribution in [0.1, 0.15) is 70.4 Å². The molecule has 5 N–H and O–H groups in total. The van der Waals surface area contributed by atoms with Gasteiger partial charge in [-0.2, -0.15) is 11.8 Å². The first-order chi connectivity index (χ1) is 32.7. The lowest BCUT2D eigenvalue weighted by atomic mass is 9.99. The van der Waals surface area contributed by atoms with Gasteiger partial charge in [-0.1, -0.05) is 87.7 Å². The number of aliphatic carboxylic acids is 1. The maximum Gasteiger partial charge on any atom is 0.305 e. The molecule has 6 atom stereocenters. The number of thioether (sulfide) groups is 1. The number of aldehydes is 1. The molecule has 1 saturated heterocycles. The molecule has 1 fully saturated rings. The second kappa shape index (κ2) is 28.5. The van der Waals surface area contributed by atoms with Crippen molar-refractivity contribution in [2.45, 2.75) is 108 Å². The molecule has 1 aliphatic heterocycles. The van der Waals surface area contributed by atoms with Gasteiger partial charge in [0.2, 0.25) is 47.3 Å². The van der Waals surface area contributed by atoms with Gasteiger partial charge in [-0.3, -0.25) is 43.2 Å². The molecule has 2 aromatic rings.